The van der Waals surface area contributed by atoms with Gasteiger partial charge >= 0.3 is 0 Å². The molecule has 7 heteroatoms. The van der Waals surface area contributed by atoms with Crippen LogP contribution in [0.3, 0.4) is 0 Å². The van der Waals surface area contributed by atoms with Crippen LogP contribution >= 0.6 is 11.6 Å². The van der Waals surface area contributed by atoms with Gasteiger partial charge in [0.2, 0.25) is 0 Å². The Balaban J connectivity index is 1.95. The largest absolute Gasteiger partial charge is 0.389 e. The Morgan fingerprint density at radius 1 is 1.38 bits per heavy atom. The molecule has 1 heterocycles. The summed E-state index contributed by atoms with van der Waals surface area (Å²) in [5.41, 5.74) is 0.820. The van der Waals surface area contributed by atoms with Crippen LogP contribution in [-0.2, 0) is 11.3 Å². The quantitative estimate of drug-likeness (QED) is 0.841. The van der Waals surface area contributed by atoms with E-state index in [1.807, 2.05) is 24.1 Å². The van der Waals surface area contributed by atoms with E-state index in [4.69, 9.17) is 20.9 Å². The molecule has 114 valence electrons. The standard InChI is InChI=1S/C14H18ClN3O3/c1-18(7-12(19)9-20-2)8-13-16-14(21-17-13)10-3-5-11(15)6-4-10/h3-6,12,19H,7-9H2,1-2H3. The molecule has 0 radical (unpaired) electrons. The number of rotatable bonds is 7. The van der Waals surface area contributed by atoms with Crippen LogP contribution in [0.1, 0.15) is 5.82 Å². The van der Waals surface area contributed by atoms with Crippen molar-refractivity contribution < 1.29 is 14.4 Å². The highest BCUT2D eigenvalue weighted by Gasteiger charge is 2.13. The molecular weight excluding hydrogens is 294 g/mol. The Morgan fingerprint density at radius 2 is 2.10 bits per heavy atom. The second kappa shape index (κ2) is 7.51. The number of aliphatic hydroxyl groups is 1. The van der Waals surface area contributed by atoms with Crippen molar-refractivity contribution in [1.29, 1.82) is 0 Å². The van der Waals surface area contributed by atoms with Crippen LogP contribution in [0.2, 0.25) is 5.02 Å². The molecule has 0 saturated heterocycles. The smallest absolute Gasteiger partial charge is 0.257 e. The Hall–Kier alpha value is -1.47. The van der Waals surface area contributed by atoms with Crippen molar-refractivity contribution in [2.75, 3.05) is 27.3 Å². The van der Waals surface area contributed by atoms with Gasteiger partial charge in [0, 0.05) is 24.2 Å². The molecule has 0 fully saturated rings. The number of ether oxygens (including phenoxy) is 1. The van der Waals surface area contributed by atoms with E-state index in [1.165, 1.54) is 0 Å². The normalized spacial score (nSPS) is 12.8. The summed E-state index contributed by atoms with van der Waals surface area (Å²) in [5, 5.41) is 14.3. The van der Waals surface area contributed by atoms with Gasteiger partial charge in [0.1, 0.15) is 0 Å². The maximum atomic E-state index is 9.66. The maximum Gasteiger partial charge on any atom is 0.257 e. The van der Waals surface area contributed by atoms with Gasteiger partial charge in [-0.3, -0.25) is 4.90 Å². The van der Waals surface area contributed by atoms with Crippen LogP contribution < -0.4 is 0 Å². The fourth-order valence-electron chi connectivity index (χ4n) is 1.94. The number of likely N-dealkylation sites (N-methyl/N-ethyl adjacent to an activating group) is 1. The molecule has 21 heavy (non-hydrogen) atoms. The second-order valence-electron chi connectivity index (χ2n) is 4.83. The molecule has 0 saturated carbocycles. The van der Waals surface area contributed by atoms with Crippen molar-refractivity contribution >= 4 is 11.6 Å². The van der Waals surface area contributed by atoms with Crippen molar-refractivity contribution in [1.82, 2.24) is 15.0 Å². The summed E-state index contributed by atoms with van der Waals surface area (Å²) in [6, 6.07) is 7.19. The summed E-state index contributed by atoms with van der Waals surface area (Å²) in [7, 11) is 3.43. The van der Waals surface area contributed by atoms with Crippen LogP contribution in [0.4, 0.5) is 0 Å². The average Bonchev–Trinajstić information content (AvgIpc) is 2.88. The van der Waals surface area contributed by atoms with Crippen LogP contribution in [0.5, 0.6) is 0 Å². The number of halogens is 1. The summed E-state index contributed by atoms with van der Waals surface area (Å²) in [6.07, 6.45) is -0.539. The SMILES string of the molecule is COCC(O)CN(C)Cc1noc(-c2ccc(Cl)cc2)n1. The Morgan fingerprint density at radius 3 is 2.76 bits per heavy atom. The Kier molecular flexibility index (Phi) is 5.69. The van der Waals surface area contributed by atoms with Gasteiger partial charge in [-0.05, 0) is 31.3 Å². The molecule has 0 bridgehead atoms. The predicted molar refractivity (Wildman–Crippen MR) is 79.0 cm³/mol. The van der Waals surface area contributed by atoms with E-state index in [2.05, 4.69) is 10.1 Å². The summed E-state index contributed by atoms with van der Waals surface area (Å²) in [4.78, 5) is 6.23. The number of hydrogen-bond acceptors (Lipinski definition) is 6. The van der Waals surface area contributed by atoms with Crippen molar-refractivity contribution in [3.8, 4) is 11.5 Å². The molecule has 0 spiro atoms. The third-order valence-electron chi connectivity index (χ3n) is 2.85. The van der Waals surface area contributed by atoms with E-state index in [0.717, 1.165) is 5.56 Å². The monoisotopic (exact) mass is 311 g/mol. The van der Waals surface area contributed by atoms with Gasteiger partial charge in [0.05, 0.1) is 19.3 Å². The van der Waals surface area contributed by atoms with Gasteiger partial charge in [-0.25, -0.2) is 0 Å². The lowest BCUT2D eigenvalue weighted by molar-refractivity contribution is 0.0413. The number of methoxy groups -OCH3 is 1. The lowest BCUT2D eigenvalue weighted by Gasteiger charge is -2.18. The zero-order chi connectivity index (χ0) is 15.2. The fraction of sp³-hybridized carbons (Fsp3) is 0.429. The van der Waals surface area contributed by atoms with Gasteiger partial charge in [0.15, 0.2) is 5.82 Å². The molecule has 1 aromatic heterocycles. The lowest BCUT2D eigenvalue weighted by Crippen LogP contribution is -2.31. The van der Waals surface area contributed by atoms with Gasteiger partial charge in [0.25, 0.3) is 5.89 Å². The lowest BCUT2D eigenvalue weighted by atomic mass is 10.2. The first-order chi connectivity index (χ1) is 10.1. The minimum absolute atomic E-state index is 0.298. The molecule has 0 aliphatic rings. The second-order valence-corrected chi connectivity index (χ2v) is 5.27. The first-order valence-corrected chi connectivity index (χ1v) is 6.90. The molecule has 1 unspecified atom stereocenters. The van der Waals surface area contributed by atoms with E-state index in [9.17, 15) is 5.11 Å². The third-order valence-corrected chi connectivity index (χ3v) is 3.10. The minimum Gasteiger partial charge on any atom is -0.389 e. The molecule has 6 nitrogen and oxygen atoms in total. The predicted octanol–water partition coefficient (Wildman–Crippen LogP) is 1.83. The molecule has 0 aliphatic heterocycles. The minimum atomic E-state index is -0.539. The van der Waals surface area contributed by atoms with Crippen LogP contribution in [0.15, 0.2) is 28.8 Å². The molecule has 1 atom stereocenters. The highest BCUT2D eigenvalue weighted by Crippen LogP contribution is 2.19. The summed E-state index contributed by atoms with van der Waals surface area (Å²) in [5.74, 6) is 1.01. The van der Waals surface area contributed by atoms with E-state index in [-0.39, 0.29) is 0 Å². The van der Waals surface area contributed by atoms with Crippen molar-refractivity contribution in [3.05, 3.63) is 35.1 Å². The first-order valence-electron chi connectivity index (χ1n) is 6.52. The fourth-order valence-corrected chi connectivity index (χ4v) is 2.06. The van der Waals surface area contributed by atoms with Crippen molar-refractivity contribution in [2.45, 2.75) is 12.6 Å². The molecule has 1 aromatic carbocycles. The van der Waals surface area contributed by atoms with E-state index in [0.29, 0.717) is 36.4 Å². The zero-order valence-electron chi connectivity index (χ0n) is 12.0. The molecule has 0 amide bonds. The van der Waals surface area contributed by atoms with Crippen molar-refractivity contribution in [3.63, 3.8) is 0 Å². The first kappa shape index (κ1) is 15.9. The zero-order valence-corrected chi connectivity index (χ0v) is 12.7. The van der Waals surface area contributed by atoms with Crippen LogP contribution in [-0.4, -0.2) is 53.6 Å². The average molecular weight is 312 g/mol. The van der Waals surface area contributed by atoms with E-state index >= 15 is 0 Å². The summed E-state index contributed by atoms with van der Waals surface area (Å²) in [6.45, 7) is 1.25. The van der Waals surface area contributed by atoms with E-state index in [1.54, 1.807) is 19.2 Å². The molecule has 0 aliphatic carbocycles. The van der Waals surface area contributed by atoms with Crippen molar-refractivity contribution in [2.24, 2.45) is 0 Å². The highest BCUT2D eigenvalue weighted by atomic mass is 35.5. The molecular formula is C14H18ClN3O3. The van der Waals surface area contributed by atoms with Crippen LogP contribution in [0.25, 0.3) is 11.5 Å². The molecule has 1 N–H and O–H groups in total. The van der Waals surface area contributed by atoms with Gasteiger partial charge in [-0.2, -0.15) is 4.98 Å². The third kappa shape index (κ3) is 4.78. The van der Waals surface area contributed by atoms with E-state index < -0.39 is 6.10 Å². The highest BCUT2D eigenvalue weighted by molar-refractivity contribution is 6.30. The van der Waals surface area contributed by atoms with Crippen LogP contribution in [0, 0.1) is 0 Å². The number of benzene rings is 1. The molecule has 2 rings (SSSR count). The van der Waals surface area contributed by atoms with Gasteiger partial charge < -0.3 is 14.4 Å². The van der Waals surface area contributed by atoms with Gasteiger partial charge in [-0.1, -0.05) is 16.8 Å². The number of nitrogens with zero attached hydrogens (tertiary/aromatic N) is 3. The summed E-state index contributed by atoms with van der Waals surface area (Å²) < 4.78 is 10.1. The molecule has 2 aromatic rings. The topological polar surface area (TPSA) is 71.6 Å². The summed E-state index contributed by atoms with van der Waals surface area (Å²) >= 11 is 5.84. The Labute approximate surface area is 128 Å². The number of hydrogen-bond donors (Lipinski definition) is 1. The number of aliphatic hydroxyl groups excluding tert-OH is 1. The maximum absolute atomic E-state index is 9.66. The van der Waals surface area contributed by atoms with Gasteiger partial charge in [-0.15, -0.1) is 0 Å². The Bertz CT molecular complexity index is 559. The number of aromatic nitrogens is 2.